The first-order valence-electron chi connectivity index (χ1n) is 7.56. The molecule has 2 rings (SSSR count). The van der Waals surface area contributed by atoms with E-state index in [2.05, 4.69) is 37.3 Å². The van der Waals surface area contributed by atoms with E-state index >= 15 is 0 Å². The molecule has 3 unspecified atom stereocenters. The van der Waals surface area contributed by atoms with Crippen molar-refractivity contribution >= 4 is 0 Å². The van der Waals surface area contributed by atoms with Crippen molar-refractivity contribution in [1.29, 1.82) is 0 Å². The Morgan fingerprint density at radius 2 is 1.89 bits per heavy atom. The molecule has 2 N–H and O–H groups in total. The minimum atomic E-state index is 0.668. The van der Waals surface area contributed by atoms with Gasteiger partial charge in [-0.05, 0) is 42.7 Å². The van der Waals surface area contributed by atoms with Gasteiger partial charge < -0.3 is 5.73 Å². The first kappa shape index (κ1) is 13.6. The molecule has 0 heterocycles. The standard InChI is InChI=1S/C17H27N/c1-14-7-5-6-10-16(14)13-17(11-12-18)15-8-3-2-4-9-15/h2-4,8-9,14,16-17H,5-7,10-13,18H2,1H3. The lowest BCUT2D eigenvalue weighted by Crippen LogP contribution is -2.20. The van der Waals surface area contributed by atoms with Gasteiger partial charge in [0.2, 0.25) is 0 Å². The Balaban J connectivity index is 2.01. The smallest absolute Gasteiger partial charge is 0.00714 e. The van der Waals surface area contributed by atoms with Crippen LogP contribution in [0.2, 0.25) is 0 Å². The van der Waals surface area contributed by atoms with Crippen LogP contribution in [0, 0.1) is 11.8 Å². The molecule has 3 atom stereocenters. The molecule has 0 spiro atoms. The quantitative estimate of drug-likeness (QED) is 0.820. The summed E-state index contributed by atoms with van der Waals surface area (Å²) in [6.07, 6.45) is 8.18. The highest BCUT2D eigenvalue weighted by Crippen LogP contribution is 2.37. The normalized spacial score (nSPS) is 25.9. The molecule has 1 fully saturated rings. The van der Waals surface area contributed by atoms with Crippen LogP contribution in [0.3, 0.4) is 0 Å². The van der Waals surface area contributed by atoms with Gasteiger partial charge in [-0.25, -0.2) is 0 Å². The molecular formula is C17H27N. The van der Waals surface area contributed by atoms with Crippen molar-refractivity contribution in [2.24, 2.45) is 17.6 Å². The van der Waals surface area contributed by atoms with Crippen LogP contribution in [0.4, 0.5) is 0 Å². The van der Waals surface area contributed by atoms with Crippen LogP contribution in [0.25, 0.3) is 0 Å². The Labute approximate surface area is 112 Å². The Kier molecular flexibility index (Phi) is 5.25. The molecular weight excluding hydrogens is 218 g/mol. The average Bonchev–Trinajstić information content (AvgIpc) is 2.42. The zero-order valence-corrected chi connectivity index (χ0v) is 11.6. The van der Waals surface area contributed by atoms with Crippen molar-refractivity contribution in [3.63, 3.8) is 0 Å². The maximum Gasteiger partial charge on any atom is -0.00714 e. The Morgan fingerprint density at radius 1 is 1.17 bits per heavy atom. The van der Waals surface area contributed by atoms with Gasteiger partial charge >= 0.3 is 0 Å². The molecule has 0 bridgehead atoms. The van der Waals surface area contributed by atoms with Crippen LogP contribution in [0.15, 0.2) is 30.3 Å². The predicted molar refractivity (Wildman–Crippen MR) is 78.6 cm³/mol. The second-order valence-electron chi connectivity index (χ2n) is 5.94. The summed E-state index contributed by atoms with van der Waals surface area (Å²) in [7, 11) is 0. The van der Waals surface area contributed by atoms with Crippen molar-refractivity contribution in [1.82, 2.24) is 0 Å². The molecule has 1 nitrogen and oxygen atoms in total. The van der Waals surface area contributed by atoms with Crippen molar-refractivity contribution in [2.75, 3.05) is 6.54 Å². The van der Waals surface area contributed by atoms with E-state index in [9.17, 15) is 0 Å². The third-order valence-corrected chi connectivity index (χ3v) is 4.66. The number of hydrogen-bond acceptors (Lipinski definition) is 1. The highest BCUT2D eigenvalue weighted by molar-refractivity contribution is 5.19. The fourth-order valence-electron chi connectivity index (χ4n) is 3.46. The molecule has 100 valence electrons. The lowest BCUT2D eigenvalue weighted by Gasteiger charge is -2.32. The van der Waals surface area contributed by atoms with Gasteiger partial charge in [-0.3, -0.25) is 0 Å². The minimum absolute atomic E-state index is 0.668. The van der Waals surface area contributed by atoms with Crippen LogP contribution in [-0.2, 0) is 0 Å². The molecule has 1 aromatic rings. The highest BCUT2D eigenvalue weighted by atomic mass is 14.5. The third kappa shape index (κ3) is 3.58. The fraction of sp³-hybridized carbons (Fsp3) is 0.647. The van der Waals surface area contributed by atoms with E-state index in [0.717, 1.165) is 24.8 Å². The van der Waals surface area contributed by atoms with E-state index in [0.29, 0.717) is 5.92 Å². The Bertz CT molecular complexity index is 333. The van der Waals surface area contributed by atoms with Crippen LogP contribution in [-0.4, -0.2) is 6.54 Å². The van der Waals surface area contributed by atoms with Gasteiger partial charge in [-0.1, -0.05) is 62.9 Å². The molecule has 1 aliphatic carbocycles. The topological polar surface area (TPSA) is 26.0 Å². The van der Waals surface area contributed by atoms with E-state index in [4.69, 9.17) is 5.73 Å². The van der Waals surface area contributed by atoms with Crippen LogP contribution >= 0.6 is 0 Å². The minimum Gasteiger partial charge on any atom is -0.330 e. The summed E-state index contributed by atoms with van der Waals surface area (Å²) >= 11 is 0. The molecule has 0 aromatic heterocycles. The summed E-state index contributed by atoms with van der Waals surface area (Å²) in [6, 6.07) is 11.0. The Morgan fingerprint density at radius 3 is 2.56 bits per heavy atom. The number of benzene rings is 1. The maximum absolute atomic E-state index is 5.81. The van der Waals surface area contributed by atoms with Crippen molar-refractivity contribution in [2.45, 2.75) is 51.4 Å². The Hall–Kier alpha value is -0.820. The molecule has 0 aliphatic heterocycles. The number of rotatable bonds is 5. The number of nitrogens with two attached hydrogens (primary N) is 1. The molecule has 0 saturated heterocycles. The van der Waals surface area contributed by atoms with E-state index in [1.165, 1.54) is 37.7 Å². The van der Waals surface area contributed by atoms with Crippen molar-refractivity contribution in [3.05, 3.63) is 35.9 Å². The van der Waals surface area contributed by atoms with E-state index < -0.39 is 0 Å². The van der Waals surface area contributed by atoms with Crippen LogP contribution in [0.1, 0.15) is 56.9 Å². The molecule has 18 heavy (non-hydrogen) atoms. The summed E-state index contributed by atoms with van der Waals surface area (Å²) in [4.78, 5) is 0. The molecule has 0 radical (unpaired) electrons. The van der Waals surface area contributed by atoms with E-state index in [-0.39, 0.29) is 0 Å². The van der Waals surface area contributed by atoms with Gasteiger partial charge in [0.15, 0.2) is 0 Å². The van der Waals surface area contributed by atoms with Gasteiger partial charge in [0.25, 0.3) is 0 Å². The van der Waals surface area contributed by atoms with Gasteiger partial charge in [-0.2, -0.15) is 0 Å². The highest BCUT2D eigenvalue weighted by Gasteiger charge is 2.24. The second kappa shape index (κ2) is 6.94. The first-order chi connectivity index (χ1) is 8.81. The number of hydrogen-bond donors (Lipinski definition) is 1. The van der Waals surface area contributed by atoms with Crippen molar-refractivity contribution < 1.29 is 0 Å². The molecule has 1 aromatic carbocycles. The zero-order valence-electron chi connectivity index (χ0n) is 11.6. The summed E-state index contributed by atoms with van der Waals surface area (Å²) in [5, 5.41) is 0. The zero-order chi connectivity index (χ0) is 12.8. The largest absolute Gasteiger partial charge is 0.330 e. The molecule has 1 saturated carbocycles. The molecule has 0 amide bonds. The summed E-state index contributed by atoms with van der Waals surface area (Å²) < 4.78 is 0. The summed E-state index contributed by atoms with van der Waals surface area (Å²) in [6.45, 7) is 3.25. The van der Waals surface area contributed by atoms with Crippen molar-refractivity contribution in [3.8, 4) is 0 Å². The average molecular weight is 245 g/mol. The van der Waals surface area contributed by atoms with Gasteiger partial charge in [-0.15, -0.1) is 0 Å². The fourth-order valence-corrected chi connectivity index (χ4v) is 3.46. The first-order valence-corrected chi connectivity index (χ1v) is 7.56. The molecule has 1 aliphatic rings. The maximum atomic E-state index is 5.81. The van der Waals surface area contributed by atoms with Gasteiger partial charge in [0.05, 0.1) is 0 Å². The van der Waals surface area contributed by atoms with Gasteiger partial charge in [0.1, 0.15) is 0 Å². The van der Waals surface area contributed by atoms with E-state index in [1.807, 2.05) is 0 Å². The van der Waals surface area contributed by atoms with Crippen LogP contribution < -0.4 is 5.73 Å². The predicted octanol–water partition coefficient (Wildman–Crippen LogP) is 4.34. The van der Waals surface area contributed by atoms with Gasteiger partial charge in [0, 0.05) is 0 Å². The van der Waals surface area contributed by atoms with Crippen LogP contribution in [0.5, 0.6) is 0 Å². The summed E-state index contributed by atoms with van der Waals surface area (Å²) in [5.74, 6) is 2.49. The summed E-state index contributed by atoms with van der Waals surface area (Å²) in [5.41, 5.74) is 7.29. The second-order valence-corrected chi connectivity index (χ2v) is 5.94. The third-order valence-electron chi connectivity index (χ3n) is 4.66. The van der Waals surface area contributed by atoms with E-state index in [1.54, 1.807) is 0 Å². The lowest BCUT2D eigenvalue weighted by atomic mass is 9.74. The SMILES string of the molecule is CC1CCCCC1CC(CCN)c1ccccc1. The lowest BCUT2D eigenvalue weighted by molar-refractivity contribution is 0.226. The monoisotopic (exact) mass is 245 g/mol. The molecule has 1 heteroatoms.